The van der Waals surface area contributed by atoms with Crippen LogP contribution in [-0.4, -0.2) is 37.2 Å². The van der Waals surface area contributed by atoms with Crippen LogP contribution in [0.1, 0.15) is 30.0 Å². The van der Waals surface area contributed by atoms with Gasteiger partial charge in [0.2, 0.25) is 5.91 Å². The Balaban J connectivity index is 1.87. The highest BCUT2D eigenvalue weighted by molar-refractivity contribution is 7.89. The van der Waals surface area contributed by atoms with Gasteiger partial charge in [-0.05, 0) is 36.2 Å². The van der Waals surface area contributed by atoms with E-state index in [-0.39, 0.29) is 35.7 Å². The minimum Gasteiger partial charge on any atom is -0.359 e. The van der Waals surface area contributed by atoms with Gasteiger partial charge in [0.1, 0.15) is 17.2 Å². The number of hydrogen-bond acceptors (Lipinski definition) is 5. The molecule has 2 aromatic heterocycles. The molecule has 0 spiro atoms. The highest BCUT2D eigenvalue weighted by Crippen LogP contribution is 2.50. The largest absolute Gasteiger partial charge is 0.359 e. The Morgan fingerprint density at radius 1 is 1.11 bits per heavy atom. The summed E-state index contributed by atoms with van der Waals surface area (Å²) in [5, 5.41) is 3.21. The Morgan fingerprint density at radius 2 is 1.84 bits per heavy atom. The quantitative estimate of drug-likeness (QED) is 0.384. The van der Waals surface area contributed by atoms with Crippen LogP contribution in [-0.2, 0) is 27.4 Å². The lowest BCUT2D eigenvalue weighted by Crippen LogP contribution is -2.27. The van der Waals surface area contributed by atoms with Gasteiger partial charge in [-0.15, -0.1) is 0 Å². The average molecular weight is 541 g/mol. The van der Waals surface area contributed by atoms with Crippen LogP contribution in [0.2, 0.25) is 0 Å². The number of fused-ring (bicyclic) bond motifs is 2. The highest BCUT2D eigenvalue weighted by atomic mass is 32.2. The summed E-state index contributed by atoms with van der Waals surface area (Å²) in [6, 6.07) is 7.76. The third kappa shape index (κ3) is 4.47. The maximum absolute atomic E-state index is 15.4. The molecule has 1 amide bonds. The smallest absolute Gasteiger partial charge is 0.274 e. The Labute approximate surface area is 217 Å². The summed E-state index contributed by atoms with van der Waals surface area (Å²) in [4.78, 5) is 30.1. The van der Waals surface area contributed by atoms with Gasteiger partial charge in [0, 0.05) is 73.0 Å². The fourth-order valence-electron chi connectivity index (χ4n) is 5.22. The second kappa shape index (κ2) is 9.39. The Kier molecular flexibility index (Phi) is 6.34. The SMILES string of the molecule is CNC(=O)CCC1c2c[nH]c3c(=O)n(C)cc(c23)-c2cc(CS(C)(=O)=O)ccc2N1c1ccc(F)cc1F. The number of sulfone groups is 1. The van der Waals surface area contributed by atoms with Crippen LogP contribution in [0, 0.1) is 11.6 Å². The molecule has 5 rings (SSSR count). The average Bonchev–Trinajstić information content (AvgIpc) is 3.25. The maximum atomic E-state index is 15.4. The normalized spacial score (nSPS) is 14.9. The number of aromatic nitrogens is 2. The molecule has 0 radical (unpaired) electrons. The number of pyridine rings is 1. The number of amides is 1. The van der Waals surface area contributed by atoms with E-state index < -0.39 is 27.5 Å². The minimum atomic E-state index is -3.36. The van der Waals surface area contributed by atoms with Crippen LogP contribution in [0.5, 0.6) is 0 Å². The van der Waals surface area contributed by atoms with Gasteiger partial charge in [0.25, 0.3) is 5.56 Å². The first-order chi connectivity index (χ1) is 18.0. The van der Waals surface area contributed by atoms with Crippen LogP contribution in [0.4, 0.5) is 20.2 Å². The number of rotatable bonds is 6. The Morgan fingerprint density at radius 3 is 2.53 bits per heavy atom. The molecule has 2 aromatic carbocycles. The summed E-state index contributed by atoms with van der Waals surface area (Å²) in [5.41, 5.74) is 3.11. The summed E-state index contributed by atoms with van der Waals surface area (Å²) < 4.78 is 54.9. The molecule has 0 bridgehead atoms. The van der Waals surface area contributed by atoms with Crippen molar-refractivity contribution in [1.82, 2.24) is 14.9 Å². The van der Waals surface area contributed by atoms with E-state index in [1.807, 2.05) is 0 Å². The van der Waals surface area contributed by atoms with Gasteiger partial charge in [0.05, 0.1) is 17.5 Å². The molecule has 1 aliphatic heterocycles. The molecule has 11 heteroatoms. The molecule has 0 saturated heterocycles. The van der Waals surface area contributed by atoms with Gasteiger partial charge >= 0.3 is 0 Å². The number of H-pyrrole nitrogens is 1. The minimum absolute atomic E-state index is 0.0827. The topological polar surface area (TPSA) is 104 Å². The number of carbonyl (C=O) groups excluding carboxylic acids is 1. The second-order valence-electron chi connectivity index (χ2n) is 9.57. The lowest BCUT2D eigenvalue weighted by atomic mass is 9.97. The molecule has 38 heavy (non-hydrogen) atoms. The summed E-state index contributed by atoms with van der Waals surface area (Å²) in [6.45, 7) is 0. The zero-order valence-electron chi connectivity index (χ0n) is 21.0. The molecule has 0 aliphatic carbocycles. The van der Waals surface area contributed by atoms with Crippen LogP contribution >= 0.6 is 0 Å². The first-order valence-electron chi connectivity index (χ1n) is 11.9. The maximum Gasteiger partial charge on any atom is 0.274 e. The van der Waals surface area contributed by atoms with Crippen molar-refractivity contribution in [2.24, 2.45) is 7.05 Å². The number of nitrogens with zero attached hydrogens (tertiary/aromatic N) is 2. The van der Waals surface area contributed by atoms with Crippen molar-refractivity contribution in [3.63, 3.8) is 0 Å². The second-order valence-corrected chi connectivity index (χ2v) is 11.7. The van der Waals surface area contributed by atoms with Crippen molar-refractivity contribution in [2.45, 2.75) is 24.6 Å². The van der Waals surface area contributed by atoms with Gasteiger partial charge < -0.3 is 19.8 Å². The van der Waals surface area contributed by atoms with E-state index in [4.69, 9.17) is 0 Å². The van der Waals surface area contributed by atoms with E-state index in [1.54, 1.807) is 42.5 Å². The first-order valence-corrected chi connectivity index (χ1v) is 14.0. The van der Waals surface area contributed by atoms with Crippen LogP contribution < -0.4 is 15.8 Å². The molecule has 4 aromatic rings. The van der Waals surface area contributed by atoms with E-state index in [1.165, 1.54) is 17.7 Å². The summed E-state index contributed by atoms with van der Waals surface area (Å²) in [7, 11) is -0.217. The summed E-state index contributed by atoms with van der Waals surface area (Å²) >= 11 is 0. The zero-order valence-corrected chi connectivity index (χ0v) is 21.8. The van der Waals surface area contributed by atoms with Gasteiger partial charge in [-0.3, -0.25) is 9.59 Å². The van der Waals surface area contributed by atoms with Gasteiger partial charge in [-0.25, -0.2) is 17.2 Å². The number of aryl methyl sites for hydroxylation is 1. The fourth-order valence-corrected chi connectivity index (χ4v) is 6.00. The number of nitrogens with one attached hydrogen (secondary N) is 2. The Bertz CT molecular complexity index is 1760. The molecule has 0 fully saturated rings. The van der Waals surface area contributed by atoms with Crippen molar-refractivity contribution in [3.05, 3.63) is 81.9 Å². The fraction of sp³-hybridized carbons (Fsp3) is 0.259. The number of halogens is 2. The molecule has 198 valence electrons. The molecule has 2 N–H and O–H groups in total. The first kappa shape index (κ1) is 25.7. The van der Waals surface area contributed by atoms with Gasteiger partial charge in [0.15, 0.2) is 9.84 Å². The van der Waals surface area contributed by atoms with E-state index in [9.17, 15) is 22.4 Å². The predicted octanol–water partition coefficient (Wildman–Crippen LogP) is 4.08. The van der Waals surface area contributed by atoms with Crippen LogP contribution in [0.3, 0.4) is 0 Å². The number of benzene rings is 2. The van der Waals surface area contributed by atoms with E-state index in [0.717, 1.165) is 18.4 Å². The molecule has 1 unspecified atom stereocenters. The standard InChI is InChI=1S/C27H26F2N4O4S/c1-30-24(34)9-8-22-18-12-31-26-25(18)19(13-32(2)27(26)35)17-10-15(14-38(3,36)37)4-6-21(17)33(22)23-7-5-16(28)11-20(23)29/h4-7,10-13,22,31H,8-9,14H2,1-3H3,(H,30,34). The molecule has 3 heterocycles. The van der Waals surface area contributed by atoms with Crippen molar-refractivity contribution in [1.29, 1.82) is 0 Å². The van der Waals surface area contributed by atoms with E-state index >= 15 is 4.39 Å². The number of hydrogen-bond donors (Lipinski definition) is 2. The van der Waals surface area contributed by atoms with Crippen molar-refractivity contribution in [3.8, 4) is 11.1 Å². The third-order valence-electron chi connectivity index (χ3n) is 6.84. The van der Waals surface area contributed by atoms with Crippen LogP contribution in [0.15, 0.2) is 53.6 Å². The van der Waals surface area contributed by atoms with Crippen molar-refractivity contribution >= 4 is 38.0 Å². The third-order valence-corrected chi connectivity index (χ3v) is 7.70. The number of aromatic amines is 1. The van der Waals surface area contributed by atoms with Crippen molar-refractivity contribution in [2.75, 3.05) is 18.2 Å². The summed E-state index contributed by atoms with van der Waals surface area (Å²) in [5.74, 6) is -1.95. The lowest BCUT2D eigenvalue weighted by Gasteiger charge is -2.34. The van der Waals surface area contributed by atoms with E-state index in [2.05, 4.69) is 10.3 Å². The van der Waals surface area contributed by atoms with Crippen LogP contribution in [0.25, 0.3) is 22.0 Å². The predicted molar refractivity (Wildman–Crippen MR) is 142 cm³/mol. The Hall–Kier alpha value is -3.99. The molecule has 1 aliphatic rings. The zero-order chi connectivity index (χ0) is 27.4. The molecule has 1 atom stereocenters. The monoisotopic (exact) mass is 540 g/mol. The van der Waals surface area contributed by atoms with Crippen molar-refractivity contribution < 1.29 is 22.0 Å². The lowest BCUT2D eigenvalue weighted by molar-refractivity contribution is -0.120. The van der Waals surface area contributed by atoms with Gasteiger partial charge in [-0.2, -0.15) is 0 Å². The molecular formula is C27H26F2N4O4S. The number of anilines is 2. The number of carbonyl (C=O) groups is 1. The molecule has 8 nitrogen and oxygen atoms in total. The van der Waals surface area contributed by atoms with E-state index in [0.29, 0.717) is 38.8 Å². The highest BCUT2D eigenvalue weighted by Gasteiger charge is 2.34. The molecule has 0 saturated carbocycles. The molecular weight excluding hydrogens is 514 g/mol. The summed E-state index contributed by atoms with van der Waals surface area (Å²) in [6.07, 6.45) is 4.85. The van der Waals surface area contributed by atoms with Gasteiger partial charge in [-0.1, -0.05) is 6.07 Å².